The highest BCUT2D eigenvalue weighted by Gasteiger charge is 2.32. The van der Waals surface area contributed by atoms with Gasteiger partial charge in [-0.25, -0.2) is 0 Å². The molecule has 0 heterocycles. The van der Waals surface area contributed by atoms with Crippen LogP contribution in [0.2, 0.25) is 5.02 Å². The van der Waals surface area contributed by atoms with E-state index in [0.717, 1.165) is 22.1 Å². The maximum Gasteiger partial charge on any atom is 0.0444 e. The van der Waals surface area contributed by atoms with Crippen LogP contribution in [0.1, 0.15) is 16.7 Å². The molecule has 2 aromatic rings. The first-order valence-corrected chi connectivity index (χ1v) is 9.16. The normalized spacial score (nSPS) is 11.6. The van der Waals surface area contributed by atoms with Gasteiger partial charge in [-0.2, -0.15) is 0 Å². The SMILES string of the molecule is Cc1ccc(CC(CBr)(CBr)c2ccccc2Cl)cc1. The number of rotatable bonds is 5. The fourth-order valence-electron chi connectivity index (χ4n) is 2.36. The molecule has 2 rings (SSSR count). The van der Waals surface area contributed by atoms with Crippen molar-refractivity contribution in [2.75, 3.05) is 10.7 Å². The van der Waals surface area contributed by atoms with E-state index < -0.39 is 0 Å². The molecule has 0 unspecified atom stereocenters. The minimum absolute atomic E-state index is 0.0341. The molecule has 0 bridgehead atoms. The van der Waals surface area contributed by atoms with Crippen molar-refractivity contribution in [3.8, 4) is 0 Å². The van der Waals surface area contributed by atoms with Crippen LogP contribution in [-0.4, -0.2) is 10.7 Å². The Labute approximate surface area is 142 Å². The average Bonchev–Trinajstić information content (AvgIpc) is 2.48. The molecule has 106 valence electrons. The van der Waals surface area contributed by atoms with Gasteiger partial charge in [0.15, 0.2) is 0 Å². The molecule has 0 aliphatic rings. The molecule has 0 atom stereocenters. The van der Waals surface area contributed by atoms with E-state index in [1.54, 1.807) is 0 Å². The van der Waals surface area contributed by atoms with Gasteiger partial charge < -0.3 is 0 Å². The highest BCUT2D eigenvalue weighted by Crippen LogP contribution is 2.36. The van der Waals surface area contributed by atoms with E-state index in [-0.39, 0.29) is 5.41 Å². The molecule has 0 radical (unpaired) electrons. The molecule has 0 saturated heterocycles. The molecule has 0 spiro atoms. The van der Waals surface area contributed by atoms with Crippen molar-refractivity contribution >= 4 is 43.5 Å². The maximum atomic E-state index is 6.42. The second kappa shape index (κ2) is 7.11. The molecule has 0 aliphatic carbocycles. The number of alkyl halides is 2. The van der Waals surface area contributed by atoms with Crippen LogP contribution in [0, 0.1) is 6.92 Å². The van der Waals surface area contributed by atoms with Gasteiger partial charge in [0.1, 0.15) is 0 Å². The summed E-state index contributed by atoms with van der Waals surface area (Å²) in [6, 6.07) is 16.8. The largest absolute Gasteiger partial charge is 0.0918 e. The van der Waals surface area contributed by atoms with E-state index in [2.05, 4.69) is 75.2 Å². The van der Waals surface area contributed by atoms with E-state index in [0.29, 0.717) is 0 Å². The zero-order valence-electron chi connectivity index (χ0n) is 11.4. The summed E-state index contributed by atoms with van der Waals surface area (Å²) in [7, 11) is 0. The predicted molar refractivity (Wildman–Crippen MR) is 95.6 cm³/mol. The summed E-state index contributed by atoms with van der Waals surface area (Å²) in [4.78, 5) is 0. The van der Waals surface area contributed by atoms with Crippen LogP contribution in [0.25, 0.3) is 0 Å². The Morgan fingerprint density at radius 3 is 2.10 bits per heavy atom. The smallest absolute Gasteiger partial charge is 0.0444 e. The molecule has 0 saturated carbocycles. The van der Waals surface area contributed by atoms with Gasteiger partial charge in [-0.1, -0.05) is 91.5 Å². The van der Waals surface area contributed by atoms with Crippen molar-refractivity contribution < 1.29 is 0 Å². The van der Waals surface area contributed by atoms with Gasteiger partial charge in [-0.05, 0) is 30.5 Å². The standard InChI is InChI=1S/C17H17Br2Cl/c1-13-6-8-14(9-7-13)10-17(11-18,12-19)15-4-2-3-5-16(15)20/h2-9H,10-12H2,1H3. The van der Waals surface area contributed by atoms with Gasteiger partial charge in [-0.15, -0.1) is 0 Å². The Morgan fingerprint density at radius 2 is 1.55 bits per heavy atom. The Kier molecular flexibility index (Phi) is 5.71. The lowest BCUT2D eigenvalue weighted by molar-refractivity contribution is 0.551. The van der Waals surface area contributed by atoms with E-state index in [1.807, 2.05) is 12.1 Å². The van der Waals surface area contributed by atoms with Crippen LogP contribution in [0.5, 0.6) is 0 Å². The molecule has 0 amide bonds. The Balaban J connectivity index is 2.39. The van der Waals surface area contributed by atoms with Crippen molar-refractivity contribution in [3.63, 3.8) is 0 Å². The molecular formula is C17H17Br2Cl. The second-order valence-corrected chi connectivity index (χ2v) is 6.72. The molecule has 0 aromatic heterocycles. The summed E-state index contributed by atoms with van der Waals surface area (Å²) < 4.78 is 0. The minimum Gasteiger partial charge on any atom is -0.0918 e. The third-order valence-electron chi connectivity index (χ3n) is 3.62. The Hall–Kier alpha value is -0.310. The van der Waals surface area contributed by atoms with Gasteiger partial charge in [0.05, 0.1) is 0 Å². The third-order valence-corrected chi connectivity index (χ3v) is 6.10. The lowest BCUT2D eigenvalue weighted by Gasteiger charge is -2.32. The highest BCUT2D eigenvalue weighted by atomic mass is 79.9. The minimum atomic E-state index is -0.0341. The lowest BCUT2D eigenvalue weighted by atomic mass is 9.79. The maximum absolute atomic E-state index is 6.42. The molecule has 0 aliphatic heterocycles. The van der Waals surface area contributed by atoms with Crippen molar-refractivity contribution in [2.24, 2.45) is 0 Å². The summed E-state index contributed by atoms with van der Waals surface area (Å²) in [5.41, 5.74) is 3.77. The third kappa shape index (κ3) is 3.47. The highest BCUT2D eigenvalue weighted by molar-refractivity contribution is 9.09. The first-order chi connectivity index (χ1) is 9.61. The Bertz CT molecular complexity index is 559. The van der Waals surface area contributed by atoms with Crippen LogP contribution in [0.4, 0.5) is 0 Å². The molecule has 20 heavy (non-hydrogen) atoms. The summed E-state index contributed by atoms with van der Waals surface area (Å²) in [6.07, 6.45) is 0.952. The molecule has 0 nitrogen and oxygen atoms in total. The number of halogens is 3. The summed E-state index contributed by atoms with van der Waals surface area (Å²) in [6.45, 7) is 2.11. The first-order valence-electron chi connectivity index (χ1n) is 6.54. The average molecular weight is 417 g/mol. The van der Waals surface area contributed by atoms with Gasteiger partial charge in [0.2, 0.25) is 0 Å². The topological polar surface area (TPSA) is 0 Å². The summed E-state index contributed by atoms with van der Waals surface area (Å²) >= 11 is 13.8. The fourth-order valence-corrected chi connectivity index (χ4v) is 4.62. The van der Waals surface area contributed by atoms with E-state index in [1.165, 1.54) is 16.7 Å². The zero-order chi connectivity index (χ0) is 14.6. The van der Waals surface area contributed by atoms with Crippen molar-refractivity contribution in [3.05, 3.63) is 70.2 Å². The number of aryl methyl sites for hydroxylation is 1. The van der Waals surface area contributed by atoms with Gasteiger partial charge in [0, 0.05) is 21.1 Å². The molecular weight excluding hydrogens is 399 g/mol. The van der Waals surface area contributed by atoms with E-state index in [4.69, 9.17) is 11.6 Å². The molecule has 0 N–H and O–H groups in total. The van der Waals surface area contributed by atoms with Crippen molar-refractivity contribution in [1.82, 2.24) is 0 Å². The van der Waals surface area contributed by atoms with Crippen LogP contribution in [-0.2, 0) is 11.8 Å². The zero-order valence-corrected chi connectivity index (χ0v) is 15.3. The quantitative estimate of drug-likeness (QED) is 0.531. The van der Waals surface area contributed by atoms with Gasteiger partial charge in [-0.3, -0.25) is 0 Å². The van der Waals surface area contributed by atoms with Crippen LogP contribution in [0.3, 0.4) is 0 Å². The molecule has 2 aromatic carbocycles. The first kappa shape index (κ1) is 16.1. The predicted octanol–water partition coefficient (Wildman–Crippen LogP) is 5.92. The lowest BCUT2D eigenvalue weighted by Crippen LogP contribution is -2.33. The molecule has 3 heteroatoms. The van der Waals surface area contributed by atoms with Crippen molar-refractivity contribution in [2.45, 2.75) is 18.8 Å². The van der Waals surface area contributed by atoms with Crippen LogP contribution < -0.4 is 0 Å². The van der Waals surface area contributed by atoms with Gasteiger partial charge in [0.25, 0.3) is 0 Å². The summed E-state index contributed by atoms with van der Waals surface area (Å²) in [5, 5.41) is 2.56. The number of benzene rings is 2. The van der Waals surface area contributed by atoms with E-state index in [9.17, 15) is 0 Å². The fraction of sp³-hybridized carbons (Fsp3) is 0.294. The number of hydrogen-bond acceptors (Lipinski definition) is 0. The second-order valence-electron chi connectivity index (χ2n) is 5.19. The van der Waals surface area contributed by atoms with Gasteiger partial charge >= 0.3 is 0 Å². The van der Waals surface area contributed by atoms with Crippen LogP contribution in [0.15, 0.2) is 48.5 Å². The summed E-state index contributed by atoms with van der Waals surface area (Å²) in [5.74, 6) is 0. The van der Waals surface area contributed by atoms with Crippen molar-refractivity contribution in [1.29, 1.82) is 0 Å². The van der Waals surface area contributed by atoms with E-state index >= 15 is 0 Å². The van der Waals surface area contributed by atoms with Crippen LogP contribution >= 0.6 is 43.5 Å². The Morgan fingerprint density at radius 1 is 0.950 bits per heavy atom. The monoisotopic (exact) mass is 414 g/mol. The molecule has 0 fully saturated rings. The number of hydrogen-bond donors (Lipinski definition) is 0.